The number of methoxy groups -OCH3 is 2. The molecule has 11 heteroatoms. The first-order chi connectivity index (χ1) is 21.8. The lowest BCUT2D eigenvalue weighted by molar-refractivity contribution is -0.132. The van der Waals surface area contributed by atoms with Gasteiger partial charge in [-0.3, -0.25) is 14.5 Å². The quantitative estimate of drug-likeness (QED) is 0.0700. The van der Waals surface area contributed by atoms with Gasteiger partial charge in [-0.25, -0.2) is 9.78 Å². The molecule has 4 aromatic rings. The van der Waals surface area contributed by atoms with Gasteiger partial charge in [-0.2, -0.15) is 0 Å². The molecule has 1 atom stereocenters. The van der Waals surface area contributed by atoms with Crippen molar-refractivity contribution in [3.05, 3.63) is 118 Å². The fourth-order valence-electron chi connectivity index (χ4n) is 4.85. The zero-order valence-corrected chi connectivity index (χ0v) is 25.6. The Morgan fingerprint density at radius 2 is 1.80 bits per heavy atom. The highest BCUT2D eigenvalue weighted by molar-refractivity contribution is 7.17. The normalized spacial score (nSPS) is 15.5. The molecule has 2 heterocycles. The highest BCUT2D eigenvalue weighted by atomic mass is 32.1. The van der Waals surface area contributed by atoms with Gasteiger partial charge in [0.1, 0.15) is 29.6 Å². The molecule has 1 N–H and O–H groups in total. The summed E-state index contributed by atoms with van der Waals surface area (Å²) in [6.07, 6.45) is 1.44. The molecule has 230 valence electrons. The number of rotatable bonds is 11. The molecule has 10 nitrogen and oxygen atoms in total. The third kappa shape index (κ3) is 6.29. The maximum atomic E-state index is 13.7. The number of esters is 1. The van der Waals surface area contributed by atoms with E-state index in [2.05, 4.69) is 11.6 Å². The number of amides is 1. The molecule has 3 aromatic carbocycles. The summed E-state index contributed by atoms with van der Waals surface area (Å²) >= 11 is 0.907. The number of Topliss-reactive ketones (excluding diaryl/α,β-unsaturated/α-hetero) is 1. The van der Waals surface area contributed by atoms with Crippen molar-refractivity contribution in [1.29, 1.82) is 0 Å². The summed E-state index contributed by atoms with van der Waals surface area (Å²) < 4.78 is 22.1. The summed E-state index contributed by atoms with van der Waals surface area (Å²) in [7, 11) is 2.96. The molecule has 1 aliphatic heterocycles. The van der Waals surface area contributed by atoms with Gasteiger partial charge >= 0.3 is 11.9 Å². The Hall–Kier alpha value is -5.42. The van der Waals surface area contributed by atoms with E-state index in [9.17, 15) is 19.5 Å². The third-order valence-corrected chi connectivity index (χ3v) is 8.17. The largest absolute Gasteiger partial charge is 0.507 e. The Morgan fingerprint density at radius 3 is 2.51 bits per heavy atom. The highest BCUT2D eigenvalue weighted by Crippen LogP contribution is 2.45. The van der Waals surface area contributed by atoms with E-state index in [1.165, 1.54) is 25.2 Å². The maximum absolute atomic E-state index is 13.7. The number of aliphatic hydroxyl groups is 1. The van der Waals surface area contributed by atoms with Crippen molar-refractivity contribution in [3.63, 3.8) is 0 Å². The molecule has 0 saturated carbocycles. The molecule has 1 amide bonds. The van der Waals surface area contributed by atoms with E-state index in [1.54, 1.807) is 49.4 Å². The van der Waals surface area contributed by atoms with Crippen molar-refractivity contribution in [2.45, 2.75) is 19.6 Å². The van der Waals surface area contributed by atoms with Crippen molar-refractivity contribution in [1.82, 2.24) is 4.98 Å². The molecule has 1 saturated heterocycles. The van der Waals surface area contributed by atoms with E-state index in [4.69, 9.17) is 18.9 Å². The fraction of sp³-hybridized carbons (Fsp3) is 0.176. The number of ether oxygens (including phenoxy) is 4. The lowest BCUT2D eigenvalue weighted by Gasteiger charge is -2.24. The van der Waals surface area contributed by atoms with Gasteiger partial charge in [-0.1, -0.05) is 72.5 Å². The average molecular weight is 627 g/mol. The summed E-state index contributed by atoms with van der Waals surface area (Å²) in [4.78, 5) is 45.9. The SMILES string of the molecule is C=CCOC(=O)c1sc(N2C(=O)C(=O)C(=C(O)c3cccc(OC)c3)C2c2ccc(OCc3ccccc3)c(OC)c2)nc1C. The Bertz CT molecular complexity index is 1800. The minimum Gasteiger partial charge on any atom is -0.507 e. The number of hydrogen-bond donors (Lipinski definition) is 1. The van der Waals surface area contributed by atoms with Gasteiger partial charge in [-0.05, 0) is 42.3 Å². The smallest absolute Gasteiger partial charge is 0.350 e. The number of nitrogens with zero attached hydrogens (tertiary/aromatic N) is 2. The van der Waals surface area contributed by atoms with Crippen molar-refractivity contribution in [2.75, 3.05) is 25.7 Å². The first kappa shape index (κ1) is 31.0. The van der Waals surface area contributed by atoms with Crippen LogP contribution in [0.15, 0.2) is 91.0 Å². The molecule has 5 rings (SSSR count). The summed E-state index contributed by atoms with van der Waals surface area (Å²) in [6, 6.07) is 20.0. The van der Waals surface area contributed by atoms with E-state index in [0.717, 1.165) is 16.9 Å². The van der Waals surface area contributed by atoms with Gasteiger partial charge < -0.3 is 24.1 Å². The van der Waals surface area contributed by atoms with Crippen LogP contribution in [0.3, 0.4) is 0 Å². The van der Waals surface area contributed by atoms with Crippen LogP contribution in [-0.4, -0.2) is 48.6 Å². The van der Waals surface area contributed by atoms with Crippen molar-refractivity contribution in [3.8, 4) is 17.2 Å². The van der Waals surface area contributed by atoms with Crippen molar-refractivity contribution >= 4 is 39.9 Å². The monoisotopic (exact) mass is 626 g/mol. The van der Waals surface area contributed by atoms with Crippen LogP contribution >= 0.6 is 11.3 Å². The van der Waals surface area contributed by atoms with Crippen LogP contribution in [0, 0.1) is 6.92 Å². The Morgan fingerprint density at radius 1 is 1.02 bits per heavy atom. The van der Waals surface area contributed by atoms with Crippen LogP contribution in [0.5, 0.6) is 17.2 Å². The number of anilines is 1. The molecule has 1 aliphatic rings. The number of carbonyl (C=O) groups excluding carboxylic acids is 3. The number of aryl methyl sites for hydroxylation is 1. The van der Waals surface area contributed by atoms with Crippen LogP contribution in [0.25, 0.3) is 5.76 Å². The molecule has 1 fully saturated rings. The van der Waals surface area contributed by atoms with Crippen LogP contribution in [0.4, 0.5) is 5.13 Å². The average Bonchev–Trinajstić information content (AvgIpc) is 3.58. The van der Waals surface area contributed by atoms with Gasteiger partial charge in [-0.15, -0.1) is 0 Å². The number of benzene rings is 3. The predicted molar refractivity (Wildman–Crippen MR) is 169 cm³/mol. The van der Waals surface area contributed by atoms with E-state index in [0.29, 0.717) is 28.5 Å². The minimum atomic E-state index is -1.13. The summed E-state index contributed by atoms with van der Waals surface area (Å²) in [5.41, 5.74) is 1.82. The number of carbonyl (C=O) groups is 3. The highest BCUT2D eigenvalue weighted by Gasteiger charge is 2.48. The fourth-order valence-corrected chi connectivity index (χ4v) is 5.84. The zero-order valence-electron chi connectivity index (χ0n) is 24.8. The molecular weight excluding hydrogens is 596 g/mol. The second-order valence-corrected chi connectivity index (χ2v) is 10.9. The van der Waals surface area contributed by atoms with Crippen LogP contribution < -0.4 is 19.1 Å². The number of thiazole rings is 1. The Labute approximate surface area is 263 Å². The molecular formula is C34H30N2O8S. The van der Waals surface area contributed by atoms with Gasteiger partial charge in [0.25, 0.3) is 5.78 Å². The van der Waals surface area contributed by atoms with Crippen molar-refractivity contribution < 1.29 is 38.4 Å². The second-order valence-electron chi connectivity index (χ2n) is 9.88. The minimum absolute atomic E-state index is 0.00492. The number of ketones is 1. The predicted octanol–water partition coefficient (Wildman–Crippen LogP) is 6.02. The summed E-state index contributed by atoms with van der Waals surface area (Å²) in [5, 5.41) is 11.6. The van der Waals surface area contributed by atoms with E-state index < -0.39 is 29.5 Å². The first-order valence-electron chi connectivity index (χ1n) is 13.8. The molecule has 0 radical (unpaired) electrons. The Balaban J connectivity index is 1.63. The van der Waals surface area contributed by atoms with Crippen LogP contribution in [-0.2, 0) is 20.9 Å². The maximum Gasteiger partial charge on any atom is 0.350 e. The number of aliphatic hydroxyl groups excluding tert-OH is 1. The van der Waals surface area contributed by atoms with Crippen LogP contribution in [0.1, 0.15) is 38.1 Å². The lowest BCUT2D eigenvalue weighted by atomic mass is 9.95. The van der Waals surface area contributed by atoms with Gasteiger partial charge in [0.05, 0.1) is 31.5 Å². The summed E-state index contributed by atoms with van der Waals surface area (Å²) in [6.45, 7) is 5.44. The van der Waals surface area contributed by atoms with E-state index in [-0.39, 0.29) is 34.4 Å². The summed E-state index contributed by atoms with van der Waals surface area (Å²) in [5.74, 6) is -1.65. The first-order valence-corrected chi connectivity index (χ1v) is 14.6. The standard InChI is InChI=1S/C34H30N2O8S/c1-5-16-43-33(40)31-20(2)35-34(45-31)36-28(27(30(38)32(36)39)29(37)23-12-9-13-24(17-23)41-3)22-14-15-25(26(18-22)42-4)44-19-21-10-7-6-8-11-21/h5-15,17-18,28,37H,1,16,19H2,2-4H3. The number of aromatic nitrogens is 1. The Kier molecular flexibility index (Phi) is 9.29. The number of hydrogen-bond acceptors (Lipinski definition) is 10. The van der Waals surface area contributed by atoms with E-state index in [1.807, 2.05) is 30.3 Å². The molecule has 1 unspecified atom stereocenters. The molecule has 45 heavy (non-hydrogen) atoms. The molecule has 0 bridgehead atoms. The lowest BCUT2D eigenvalue weighted by Crippen LogP contribution is -2.29. The van der Waals surface area contributed by atoms with E-state index >= 15 is 0 Å². The van der Waals surface area contributed by atoms with Gasteiger partial charge in [0.2, 0.25) is 0 Å². The third-order valence-electron chi connectivity index (χ3n) is 7.04. The second kappa shape index (κ2) is 13.5. The van der Waals surface area contributed by atoms with Gasteiger partial charge in [0, 0.05) is 5.56 Å². The molecule has 0 spiro atoms. The van der Waals surface area contributed by atoms with Crippen LogP contribution in [0.2, 0.25) is 0 Å². The molecule has 0 aliphatic carbocycles. The van der Waals surface area contributed by atoms with Crippen molar-refractivity contribution in [2.24, 2.45) is 0 Å². The topological polar surface area (TPSA) is 124 Å². The molecule has 1 aromatic heterocycles. The zero-order chi connectivity index (χ0) is 32.1. The van der Waals surface area contributed by atoms with Gasteiger partial charge in [0.15, 0.2) is 16.6 Å².